The van der Waals surface area contributed by atoms with E-state index >= 15 is 0 Å². The fraction of sp³-hybridized carbons (Fsp3) is 0.462. The number of hydrogen-bond donors (Lipinski definition) is 2. The average molecular weight is 344 g/mol. The van der Waals surface area contributed by atoms with E-state index in [1.165, 1.54) is 6.07 Å². The van der Waals surface area contributed by atoms with Crippen LogP contribution in [0.25, 0.3) is 0 Å². The van der Waals surface area contributed by atoms with Gasteiger partial charge in [0.15, 0.2) is 0 Å². The van der Waals surface area contributed by atoms with Crippen LogP contribution in [0, 0.1) is 17.0 Å². The molecule has 1 rings (SSSR count). The molecule has 1 aromatic carbocycles. The number of amides is 1. The molecule has 7 heteroatoms. The molecular weight excluding hydrogens is 326 g/mol. The molecule has 3 N–H and O–H groups in total. The normalized spacial score (nSPS) is 11.2. The lowest BCUT2D eigenvalue weighted by Crippen LogP contribution is -2.33. The zero-order valence-corrected chi connectivity index (χ0v) is 13.3. The molecule has 0 spiro atoms. The highest BCUT2D eigenvalue weighted by Crippen LogP contribution is 2.30. The summed E-state index contributed by atoms with van der Waals surface area (Å²) in [5, 5.41) is 13.5. The summed E-state index contributed by atoms with van der Waals surface area (Å²) in [4.78, 5) is 22.2. The highest BCUT2D eigenvalue weighted by molar-refractivity contribution is 9.10. The molecule has 0 saturated carbocycles. The van der Waals surface area contributed by atoms with Gasteiger partial charge in [0.25, 0.3) is 5.69 Å². The second kappa shape index (κ2) is 6.32. The quantitative estimate of drug-likeness (QED) is 0.633. The third-order valence-corrected chi connectivity index (χ3v) is 3.41. The van der Waals surface area contributed by atoms with Crippen molar-refractivity contribution < 1.29 is 9.72 Å². The fourth-order valence-electron chi connectivity index (χ4n) is 1.60. The van der Waals surface area contributed by atoms with Crippen molar-refractivity contribution in [3.05, 3.63) is 32.3 Å². The monoisotopic (exact) mass is 343 g/mol. The lowest BCUT2D eigenvalue weighted by molar-refractivity contribution is -0.385. The second-order valence-electron chi connectivity index (χ2n) is 5.41. The number of carbonyl (C=O) groups excluding carboxylic acids is 1. The van der Waals surface area contributed by atoms with Gasteiger partial charge in [-0.2, -0.15) is 0 Å². The third-order valence-electron chi connectivity index (χ3n) is 2.75. The maximum absolute atomic E-state index is 11.8. The molecule has 0 saturated heterocycles. The Morgan fingerprint density at radius 1 is 1.50 bits per heavy atom. The summed E-state index contributed by atoms with van der Waals surface area (Å²) in [5.41, 5.74) is 6.29. The van der Waals surface area contributed by atoms with Gasteiger partial charge >= 0.3 is 0 Å². The van der Waals surface area contributed by atoms with Gasteiger partial charge in [-0.15, -0.1) is 0 Å². The van der Waals surface area contributed by atoms with E-state index in [1.807, 2.05) is 13.8 Å². The van der Waals surface area contributed by atoms with Gasteiger partial charge in [0, 0.05) is 28.1 Å². The molecule has 6 nitrogen and oxygen atoms in total. The number of nitrogens with two attached hydrogens (primary N) is 1. The highest BCUT2D eigenvalue weighted by atomic mass is 79.9. The summed E-state index contributed by atoms with van der Waals surface area (Å²) in [6.45, 7) is 5.32. The van der Waals surface area contributed by atoms with Crippen LogP contribution in [0.2, 0.25) is 0 Å². The van der Waals surface area contributed by atoms with E-state index in [-0.39, 0.29) is 18.0 Å². The van der Waals surface area contributed by atoms with Crippen molar-refractivity contribution >= 4 is 33.2 Å². The second-order valence-corrected chi connectivity index (χ2v) is 6.27. The molecule has 0 radical (unpaired) electrons. The Balaban J connectivity index is 2.85. The van der Waals surface area contributed by atoms with E-state index in [0.717, 1.165) is 0 Å². The number of nitro groups is 1. The zero-order valence-electron chi connectivity index (χ0n) is 11.7. The topological polar surface area (TPSA) is 98.3 Å². The Hall–Kier alpha value is -1.47. The van der Waals surface area contributed by atoms with Gasteiger partial charge in [-0.1, -0.05) is 0 Å². The number of nitrogens with one attached hydrogen (secondary N) is 1. The Morgan fingerprint density at radius 2 is 2.10 bits per heavy atom. The number of aryl methyl sites for hydroxylation is 1. The van der Waals surface area contributed by atoms with Crippen molar-refractivity contribution in [1.82, 2.24) is 0 Å². The van der Waals surface area contributed by atoms with Crippen LogP contribution in [-0.2, 0) is 4.79 Å². The first-order valence-corrected chi connectivity index (χ1v) is 6.93. The molecule has 20 heavy (non-hydrogen) atoms. The molecule has 0 fully saturated rings. The lowest BCUT2D eigenvalue weighted by atomic mass is 10.00. The van der Waals surface area contributed by atoms with E-state index in [2.05, 4.69) is 21.2 Å². The lowest BCUT2D eigenvalue weighted by Gasteiger charge is -2.17. The zero-order chi connectivity index (χ0) is 15.5. The molecule has 0 aliphatic heterocycles. The summed E-state index contributed by atoms with van der Waals surface area (Å²) in [5.74, 6) is -0.220. The van der Waals surface area contributed by atoms with E-state index in [4.69, 9.17) is 5.73 Å². The first-order chi connectivity index (χ1) is 9.10. The van der Waals surface area contributed by atoms with E-state index in [0.29, 0.717) is 22.1 Å². The molecule has 0 aromatic heterocycles. The summed E-state index contributed by atoms with van der Waals surface area (Å²) in [7, 11) is 0. The van der Waals surface area contributed by atoms with Crippen LogP contribution >= 0.6 is 15.9 Å². The maximum atomic E-state index is 11.8. The van der Waals surface area contributed by atoms with Crippen molar-refractivity contribution in [2.45, 2.75) is 39.2 Å². The Labute approximate surface area is 126 Å². The minimum Gasteiger partial charge on any atom is -0.326 e. The van der Waals surface area contributed by atoms with Crippen LogP contribution in [0.4, 0.5) is 11.4 Å². The summed E-state index contributed by atoms with van der Waals surface area (Å²) in [6.07, 6.45) is 0.794. The van der Waals surface area contributed by atoms with Crippen molar-refractivity contribution in [3.63, 3.8) is 0 Å². The number of nitro benzene ring substituents is 1. The van der Waals surface area contributed by atoms with Gasteiger partial charge in [-0.05, 0) is 49.2 Å². The fourth-order valence-corrected chi connectivity index (χ4v) is 2.16. The number of nitrogens with zero attached hydrogens (tertiary/aromatic N) is 1. The molecule has 110 valence electrons. The number of carbonyl (C=O) groups is 1. The molecular formula is C13H18BrN3O3. The van der Waals surface area contributed by atoms with Gasteiger partial charge in [0.05, 0.1) is 10.6 Å². The largest absolute Gasteiger partial charge is 0.326 e. The first-order valence-electron chi connectivity index (χ1n) is 6.13. The van der Waals surface area contributed by atoms with E-state index in [9.17, 15) is 14.9 Å². The van der Waals surface area contributed by atoms with Crippen LogP contribution in [0.5, 0.6) is 0 Å². The van der Waals surface area contributed by atoms with Crippen molar-refractivity contribution in [1.29, 1.82) is 0 Å². The average Bonchev–Trinajstić information content (AvgIpc) is 2.28. The van der Waals surface area contributed by atoms with E-state index < -0.39 is 10.5 Å². The molecule has 0 aliphatic rings. The molecule has 0 atom stereocenters. The molecule has 1 aromatic rings. The van der Waals surface area contributed by atoms with Crippen LogP contribution in [0.3, 0.4) is 0 Å². The number of hydrogen-bond acceptors (Lipinski definition) is 4. The van der Waals surface area contributed by atoms with Gasteiger partial charge in [-0.3, -0.25) is 14.9 Å². The van der Waals surface area contributed by atoms with Gasteiger partial charge in [0.2, 0.25) is 5.91 Å². The highest BCUT2D eigenvalue weighted by Gasteiger charge is 2.17. The Kier molecular flexibility index (Phi) is 5.24. The van der Waals surface area contributed by atoms with Gasteiger partial charge in [-0.25, -0.2) is 0 Å². The molecule has 0 aliphatic carbocycles. The van der Waals surface area contributed by atoms with Gasteiger partial charge < -0.3 is 11.1 Å². The van der Waals surface area contributed by atoms with Crippen LogP contribution in [-0.4, -0.2) is 16.4 Å². The minimum absolute atomic E-state index is 0.0253. The van der Waals surface area contributed by atoms with Crippen molar-refractivity contribution in [2.75, 3.05) is 5.32 Å². The minimum atomic E-state index is -0.472. The number of halogens is 1. The van der Waals surface area contributed by atoms with E-state index in [1.54, 1.807) is 13.0 Å². The Morgan fingerprint density at radius 3 is 2.60 bits per heavy atom. The predicted octanol–water partition coefficient (Wildman–Crippen LogP) is 3.12. The standard InChI is InChI=1S/C13H18BrN3O3/c1-8-6-9(14)10(7-11(8)17(19)20)16-12(18)4-5-13(2,3)15/h6-7H,4-5,15H2,1-3H3,(H,16,18). The third kappa shape index (κ3) is 4.90. The van der Waals surface area contributed by atoms with Crippen molar-refractivity contribution in [2.24, 2.45) is 5.73 Å². The Bertz CT molecular complexity index is 538. The molecule has 0 heterocycles. The van der Waals surface area contributed by atoms with Crippen molar-refractivity contribution in [3.8, 4) is 0 Å². The maximum Gasteiger partial charge on any atom is 0.274 e. The summed E-state index contributed by atoms with van der Waals surface area (Å²) >= 11 is 3.29. The number of benzene rings is 1. The van der Waals surface area contributed by atoms with Crippen LogP contribution < -0.4 is 11.1 Å². The molecule has 0 bridgehead atoms. The number of rotatable bonds is 5. The molecule has 0 unspecified atom stereocenters. The van der Waals surface area contributed by atoms with Crippen LogP contribution in [0.1, 0.15) is 32.3 Å². The number of anilines is 1. The predicted molar refractivity (Wildman–Crippen MR) is 81.7 cm³/mol. The molecule has 1 amide bonds. The van der Waals surface area contributed by atoms with Gasteiger partial charge in [0.1, 0.15) is 0 Å². The SMILES string of the molecule is Cc1cc(Br)c(NC(=O)CCC(C)(C)N)cc1[N+](=O)[O-]. The van der Waals surface area contributed by atoms with Crippen LogP contribution in [0.15, 0.2) is 16.6 Å². The summed E-state index contributed by atoms with van der Waals surface area (Å²) in [6, 6.07) is 2.96. The first kappa shape index (κ1) is 16.6. The smallest absolute Gasteiger partial charge is 0.274 e. The summed E-state index contributed by atoms with van der Waals surface area (Å²) < 4.78 is 0.612.